The molecule has 7 nitrogen and oxygen atoms in total. The quantitative estimate of drug-likeness (QED) is 0.456. The molecule has 1 saturated carbocycles. The van der Waals surface area contributed by atoms with Crippen molar-refractivity contribution in [1.82, 2.24) is 20.1 Å². The molecular weight excluding hydrogens is 414 g/mol. The lowest BCUT2D eigenvalue weighted by Gasteiger charge is -2.10. The van der Waals surface area contributed by atoms with Gasteiger partial charge in [-0.2, -0.15) is 5.10 Å². The number of ether oxygens (including phenoxy) is 1. The normalized spacial score (nSPS) is 14.0. The van der Waals surface area contributed by atoms with Crippen LogP contribution in [0, 0.1) is 0 Å². The highest BCUT2D eigenvalue weighted by atomic mass is 16.5. The van der Waals surface area contributed by atoms with Crippen molar-refractivity contribution in [2.45, 2.75) is 38.1 Å². The highest BCUT2D eigenvalue weighted by Crippen LogP contribution is 2.38. The minimum absolute atomic E-state index is 0.172. The molecule has 0 bridgehead atoms. The van der Waals surface area contributed by atoms with Crippen molar-refractivity contribution in [3.63, 3.8) is 0 Å². The van der Waals surface area contributed by atoms with Gasteiger partial charge in [-0.05, 0) is 48.7 Å². The minimum atomic E-state index is -0.172. The van der Waals surface area contributed by atoms with Crippen LogP contribution in [0.15, 0.2) is 60.8 Å². The molecular formula is C26H27N5O2. The Morgan fingerprint density at radius 1 is 1.12 bits per heavy atom. The SMILES string of the molecule is COc1ccccc1C(=O)NCc1ccc(-n2nc(C3CCCC3)c3ccnc(N)c32)cc1. The molecule has 0 saturated heterocycles. The predicted octanol–water partition coefficient (Wildman–Crippen LogP) is 4.60. The number of pyridine rings is 1. The third-order valence-corrected chi connectivity index (χ3v) is 6.38. The molecule has 0 unspecified atom stereocenters. The van der Waals surface area contributed by atoms with E-state index in [0.717, 1.165) is 27.8 Å². The van der Waals surface area contributed by atoms with E-state index < -0.39 is 0 Å². The Bertz CT molecular complexity index is 1290. The summed E-state index contributed by atoms with van der Waals surface area (Å²) < 4.78 is 7.19. The average molecular weight is 442 g/mol. The molecule has 1 fully saturated rings. The van der Waals surface area contributed by atoms with Crippen LogP contribution in [0.25, 0.3) is 16.6 Å². The molecule has 5 rings (SSSR count). The van der Waals surface area contributed by atoms with Crippen LogP contribution >= 0.6 is 0 Å². The number of nitrogens with zero attached hydrogens (tertiary/aromatic N) is 3. The molecule has 1 aliphatic rings. The zero-order valence-electron chi connectivity index (χ0n) is 18.6. The Morgan fingerprint density at radius 3 is 2.64 bits per heavy atom. The number of benzene rings is 2. The Morgan fingerprint density at radius 2 is 1.88 bits per heavy atom. The minimum Gasteiger partial charge on any atom is -0.496 e. The van der Waals surface area contributed by atoms with Crippen LogP contribution in [0.4, 0.5) is 5.82 Å². The first-order valence-corrected chi connectivity index (χ1v) is 11.3. The maximum atomic E-state index is 12.6. The van der Waals surface area contributed by atoms with E-state index >= 15 is 0 Å². The molecule has 1 aliphatic carbocycles. The van der Waals surface area contributed by atoms with Crippen LogP contribution < -0.4 is 15.8 Å². The molecule has 2 aromatic heterocycles. The van der Waals surface area contributed by atoms with Crippen molar-refractivity contribution in [1.29, 1.82) is 0 Å². The number of nitrogens with one attached hydrogen (secondary N) is 1. The second-order valence-corrected chi connectivity index (χ2v) is 8.42. The van der Waals surface area contributed by atoms with Gasteiger partial charge in [0.1, 0.15) is 17.1 Å². The second kappa shape index (κ2) is 8.94. The van der Waals surface area contributed by atoms with Crippen molar-refractivity contribution in [3.8, 4) is 11.4 Å². The molecule has 0 spiro atoms. The Labute approximate surface area is 192 Å². The molecule has 168 valence electrons. The smallest absolute Gasteiger partial charge is 0.255 e. The fraction of sp³-hybridized carbons (Fsp3) is 0.269. The van der Waals surface area contributed by atoms with E-state index in [2.05, 4.69) is 10.3 Å². The first-order valence-electron chi connectivity index (χ1n) is 11.3. The Balaban J connectivity index is 1.38. The Hall–Kier alpha value is -3.87. The van der Waals surface area contributed by atoms with Gasteiger partial charge < -0.3 is 15.8 Å². The fourth-order valence-electron chi connectivity index (χ4n) is 4.66. The monoisotopic (exact) mass is 441 g/mol. The number of nitrogens with two attached hydrogens (primary N) is 1. The third-order valence-electron chi connectivity index (χ3n) is 6.38. The van der Waals surface area contributed by atoms with Crippen LogP contribution in [-0.4, -0.2) is 27.8 Å². The molecule has 1 amide bonds. The van der Waals surface area contributed by atoms with Gasteiger partial charge in [-0.1, -0.05) is 37.1 Å². The summed E-state index contributed by atoms with van der Waals surface area (Å²) in [7, 11) is 1.56. The molecule has 4 aromatic rings. The number of para-hydroxylation sites is 1. The van der Waals surface area contributed by atoms with Gasteiger partial charge in [-0.25, -0.2) is 9.67 Å². The number of amides is 1. The van der Waals surface area contributed by atoms with Crippen LogP contribution in [0.5, 0.6) is 5.75 Å². The van der Waals surface area contributed by atoms with Crippen molar-refractivity contribution < 1.29 is 9.53 Å². The summed E-state index contributed by atoms with van der Waals surface area (Å²) in [6.07, 6.45) is 6.58. The van der Waals surface area contributed by atoms with E-state index in [1.54, 1.807) is 25.4 Å². The van der Waals surface area contributed by atoms with Gasteiger partial charge in [0.15, 0.2) is 0 Å². The van der Waals surface area contributed by atoms with Gasteiger partial charge in [0, 0.05) is 24.0 Å². The third kappa shape index (κ3) is 4.02. The summed E-state index contributed by atoms with van der Waals surface area (Å²) in [4.78, 5) is 16.9. The molecule has 7 heteroatoms. The highest BCUT2D eigenvalue weighted by Gasteiger charge is 2.24. The summed E-state index contributed by atoms with van der Waals surface area (Å²) in [5.74, 6) is 1.34. The Kier molecular flexibility index (Phi) is 5.69. The molecule has 2 aromatic carbocycles. The zero-order valence-corrected chi connectivity index (χ0v) is 18.6. The van der Waals surface area contributed by atoms with Crippen molar-refractivity contribution in [2.75, 3.05) is 12.8 Å². The lowest BCUT2D eigenvalue weighted by atomic mass is 10.0. The van der Waals surface area contributed by atoms with Crippen molar-refractivity contribution in [3.05, 3.63) is 77.6 Å². The lowest BCUT2D eigenvalue weighted by molar-refractivity contribution is 0.0948. The number of hydrogen-bond acceptors (Lipinski definition) is 5. The number of nitrogen functional groups attached to an aromatic ring is 1. The lowest BCUT2D eigenvalue weighted by Crippen LogP contribution is -2.23. The first-order chi connectivity index (χ1) is 16.2. The number of carbonyl (C=O) groups excluding carboxylic acids is 1. The van der Waals surface area contributed by atoms with E-state index in [1.807, 2.05) is 47.1 Å². The molecule has 0 radical (unpaired) electrons. The van der Waals surface area contributed by atoms with E-state index in [1.165, 1.54) is 25.7 Å². The highest BCUT2D eigenvalue weighted by molar-refractivity contribution is 5.96. The topological polar surface area (TPSA) is 95.1 Å². The van der Waals surface area contributed by atoms with E-state index in [4.69, 9.17) is 15.6 Å². The molecule has 0 atom stereocenters. The second-order valence-electron chi connectivity index (χ2n) is 8.42. The van der Waals surface area contributed by atoms with Crippen molar-refractivity contribution >= 4 is 22.6 Å². The summed E-state index contributed by atoms with van der Waals surface area (Å²) in [5.41, 5.74) is 10.7. The standard InChI is InChI=1S/C26H27N5O2/c1-33-22-9-5-4-8-20(22)26(32)29-16-17-10-12-19(13-11-17)31-24-21(14-15-28-25(24)27)23(30-31)18-6-2-3-7-18/h4-5,8-15,18H,2-3,6-7,16H2,1H3,(H2,27,28)(H,29,32). The number of aromatic nitrogens is 3. The van der Waals surface area contributed by atoms with Gasteiger partial charge in [0.05, 0.1) is 24.1 Å². The number of carbonyl (C=O) groups is 1. The summed E-state index contributed by atoms with van der Waals surface area (Å²) in [5, 5.41) is 9.02. The van der Waals surface area contributed by atoms with E-state index in [-0.39, 0.29) is 5.91 Å². The van der Waals surface area contributed by atoms with Crippen LogP contribution in [0.1, 0.15) is 53.2 Å². The van der Waals surface area contributed by atoms with E-state index in [0.29, 0.717) is 29.6 Å². The average Bonchev–Trinajstić information content (AvgIpc) is 3.51. The van der Waals surface area contributed by atoms with Crippen LogP contribution in [0.3, 0.4) is 0 Å². The number of anilines is 1. The molecule has 0 aliphatic heterocycles. The number of fused-ring (bicyclic) bond motifs is 1. The zero-order chi connectivity index (χ0) is 22.8. The van der Waals surface area contributed by atoms with Gasteiger partial charge in [0.25, 0.3) is 5.91 Å². The predicted molar refractivity (Wildman–Crippen MR) is 129 cm³/mol. The van der Waals surface area contributed by atoms with Gasteiger partial charge in [-0.3, -0.25) is 4.79 Å². The summed E-state index contributed by atoms with van der Waals surface area (Å²) in [6.45, 7) is 0.411. The largest absolute Gasteiger partial charge is 0.496 e. The van der Waals surface area contributed by atoms with Crippen molar-refractivity contribution in [2.24, 2.45) is 0 Å². The van der Waals surface area contributed by atoms with E-state index in [9.17, 15) is 4.79 Å². The summed E-state index contributed by atoms with van der Waals surface area (Å²) in [6, 6.07) is 17.2. The first kappa shape index (κ1) is 21.0. The maximum absolute atomic E-state index is 12.6. The molecule has 33 heavy (non-hydrogen) atoms. The van der Waals surface area contributed by atoms with Gasteiger partial charge >= 0.3 is 0 Å². The number of methoxy groups -OCH3 is 1. The van der Waals surface area contributed by atoms with Crippen LogP contribution in [-0.2, 0) is 6.54 Å². The molecule has 2 heterocycles. The maximum Gasteiger partial charge on any atom is 0.255 e. The number of rotatable bonds is 6. The fourth-order valence-corrected chi connectivity index (χ4v) is 4.66. The van der Waals surface area contributed by atoms with Crippen LogP contribution in [0.2, 0.25) is 0 Å². The van der Waals surface area contributed by atoms with Gasteiger partial charge in [-0.15, -0.1) is 0 Å². The number of hydrogen-bond donors (Lipinski definition) is 2. The molecule has 3 N–H and O–H groups in total. The summed E-state index contributed by atoms with van der Waals surface area (Å²) >= 11 is 0. The van der Waals surface area contributed by atoms with Gasteiger partial charge in [0.2, 0.25) is 0 Å².